The van der Waals surface area contributed by atoms with Crippen LogP contribution in [0.5, 0.6) is 0 Å². The summed E-state index contributed by atoms with van der Waals surface area (Å²) < 4.78 is 2.34. The molecular formula is C6H13INS2-. The number of halogens is 1. The van der Waals surface area contributed by atoms with E-state index in [2.05, 4.69) is 23.5 Å². The molecule has 10 heavy (non-hydrogen) atoms. The van der Waals surface area contributed by atoms with Gasteiger partial charge in [-0.15, -0.1) is 0 Å². The van der Waals surface area contributed by atoms with Crippen molar-refractivity contribution in [1.82, 2.24) is 0 Å². The van der Waals surface area contributed by atoms with E-state index < -0.39 is 0 Å². The van der Waals surface area contributed by atoms with Gasteiger partial charge in [0.15, 0.2) is 0 Å². The van der Waals surface area contributed by atoms with Gasteiger partial charge >= 0.3 is 82.0 Å². The number of nitrogens with two attached hydrogens (primary N) is 1. The topological polar surface area (TPSA) is 26.0 Å². The van der Waals surface area contributed by atoms with Crippen LogP contribution in [0, 0.1) is 0 Å². The molecule has 0 bridgehead atoms. The van der Waals surface area contributed by atoms with Gasteiger partial charge < -0.3 is 0 Å². The Labute approximate surface area is 81.5 Å². The number of hydrogen-bond acceptors (Lipinski definition) is 3. The molecule has 0 amide bonds. The molecule has 1 unspecified atom stereocenters. The van der Waals surface area contributed by atoms with E-state index in [4.69, 9.17) is 5.73 Å². The Balaban J connectivity index is 2.16. The van der Waals surface area contributed by atoms with Crippen molar-refractivity contribution in [2.24, 2.45) is 5.73 Å². The van der Waals surface area contributed by atoms with Crippen molar-refractivity contribution in [2.45, 2.75) is 9.68 Å². The average Bonchev–Trinajstić information content (AvgIpc) is 1.87. The fraction of sp³-hybridized carbons (Fsp3) is 1.00. The third-order valence-electron chi connectivity index (χ3n) is 1.22. The standard InChI is InChI=1S/C6H13INS2/c8-4-6-7-2-1-3-9-5-10-6/h6H,1-5,8H2/q-1. The van der Waals surface area contributed by atoms with Gasteiger partial charge in [-0.25, -0.2) is 0 Å². The van der Waals surface area contributed by atoms with E-state index in [9.17, 15) is 0 Å². The van der Waals surface area contributed by atoms with Crippen LogP contribution in [-0.2, 0) is 0 Å². The Hall–Kier alpha value is 1.39. The van der Waals surface area contributed by atoms with Crippen LogP contribution in [0.1, 0.15) is 6.42 Å². The van der Waals surface area contributed by atoms with Crippen molar-refractivity contribution >= 4 is 23.5 Å². The van der Waals surface area contributed by atoms with Crippen LogP contribution < -0.4 is 26.9 Å². The van der Waals surface area contributed by atoms with Gasteiger partial charge in [0.1, 0.15) is 0 Å². The number of rotatable bonds is 1. The summed E-state index contributed by atoms with van der Waals surface area (Å²) in [5, 5.41) is 1.28. The zero-order valence-corrected chi connectivity index (χ0v) is 9.68. The predicted molar refractivity (Wildman–Crippen MR) is 47.2 cm³/mol. The molecule has 1 fully saturated rings. The van der Waals surface area contributed by atoms with Crippen molar-refractivity contribution < 1.29 is 21.2 Å². The molecule has 1 aliphatic heterocycles. The van der Waals surface area contributed by atoms with Crippen molar-refractivity contribution in [3.05, 3.63) is 0 Å². The second-order valence-corrected chi connectivity index (χ2v) is 9.01. The Morgan fingerprint density at radius 3 is 3.30 bits per heavy atom. The molecule has 1 atom stereocenters. The molecule has 0 spiro atoms. The normalized spacial score (nSPS) is 29.9. The summed E-state index contributed by atoms with van der Waals surface area (Å²) in [5.41, 5.74) is 5.62. The van der Waals surface area contributed by atoms with E-state index in [0.717, 1.165) is 9.80 Å². The third kappa shape index (κ3) is 3.69. The molecule has 1 aliphatic rings. The minimum atomic E-state index is 0.428. The summed E-state index contributed by atoms with van der Waals surface area (Å²) in [6.07, 6.45) is 1.44. The van der Waals surface area contributed by atoms with Crippen LogP contribution in [0.2, 0.25) is 0 Å². The second-order valence-electron chi connectivity index (χ2n) is 2.04. The molecule has 4 heteroatoms. The van der Waals surface area contributed by atoms with Crippen LogP contribution >= 0.6 is 23.5 Å². The van der Waals surface area contributed by atoms with E-state index in [1.165, 1.54) is 21.7 Å². The summed E-state index contributed by atoms with van der Waals surface area (Å²) in [6, 6.07) is 0. The Morgan fingerprint density at radius 1 is 1.60 bits per heavy atom. The molecule has 0 radical (unpaired) electrons. The van der Waals surface area contributed by atoms with Crippen molar-refractivity contribution in [3.63, 3.8) is 0 Å². The van der Waals surface area contributed by atoms with Gasteiger partial charge in [0, 0.05) is 0 Å². The van der Waals surface area contributed by atoms with E-state index >= 15 is 0 Å². The second kappa shape index (κ2) is 5.97. The van der Waals surface area contributed by atoms with Crippen LogP contribution in [-0.4, -0.2) is 25.1 Å². The Kier molecular flexibility index (Phi) is 5.66. The molecule has 0 aromatic rings. The van der Waals surface area contributed by atoms with Crippen LogP contribution in [0.3, 0.4) is 0 Å². The minimum absolute atomic E-state index is 0.428. The van der Waals surface area contributed by atoms with Gasteiger partial charge in [-0.1, -0.05) is 0 Å². The number of thioether (sulfide) groups is 2. The van der Waals surface area contributed by atoms with Crippen molar-refractivity contribution in [3.8, 4) is 0 Å². The van der Waals surface area contributed by atoms with Gasteiger partial charge in [0.05, 0.1) is 0 Å². The fourth-order valence-corrected chi connectivity index (χ4v) is 7.81. The first-order valence-corrected chi connectivity index (χ1v) is 8.38. The van der Waals surface area contributed by atoms with Crippen LogP contribution in [0.25, 0.3) is 0 Å². The summed E-state index contributed by atoms with van der Waals surface area (Å²) in [4.78, 5) is 0. The predicted octanol–water partition coefficient (Wildman–Crippen LogP) is -1.81. The van der Waals surface area contributed by atoms with Crippen molar-refractivity contribution in [1.29, 1.82) is 0 Å². The van der Waals surface area contributed by atoms with E-state index in [1.807, 2.05) is 0 Å². The molecule has 1 saturated heterocycles. The zero-order valence-electron chi connectivity index (χ0n) is 5.88. The maximum absolute atomic E-state index is 5.62. The molecule has 1 heterocycles. The van der Waals surface area contributed by atoms with Gasteiger partial charge in [0.2, 0.25) is 0 Å². The summed E-state index contributed by atoms with van der Waals surface area (Å²) in [7, 11) is 0. The molecular weight excluding hydrogens is 277 g/mol. The Morgan fingerprint density at radius 2 is 2.50 bits per heavy atom. The first kappa shape index (κ1) is 9.48. The first-order valence-electron chi connectivity index (χ1n) is 3.40. The molecule has 2 N–H and O–H groups in total. The quantitative estimate of drug-likeness (QED) is 0.455. The van der Waals surface area contributed by atoms with Crippen molar-refractivity contribution in [2.75, 3.05) is 21.8 Å². The molecule has 0 saturated carbocycles. The molecule has 62 valence electrons. The van der Waals surface area contributed by atoms with Gasteiger partial charge in [0.25, 0.3) is 0 Å². The van der Waals surface area contributed by atoms with E-state index in [1.54, 1.807) is 0 Å². The molecule has 1 nitrogen and oxygen atoms in total. The maximum atomic E-state index is 5.62. The van der Waals surface area contributed by atoms with Crippen LogP contribution in [0.4, 0.5) is 0 Å². The number of alkyl halides is 2. The molecule has 1 rings (SSSR count). The molecule has 0 aliphatic carbocycles. The molecule has 0 aromatic heterocycles. The number of hydrogen-bond donors (Lipinski definition) is 1. The Bertz CT molecular complexity index is 83.8. The average molecular weight is 290 g/mol. The fourth-order valence-electron chi connectivity index (χ4n) is 0.712. The van der Waals surface area contributed by atoms with Gasteiger partial charge in [-0.2, -0.15) is 0 Å². The van der Waals surface area contributed by atoms with Gasteiger partial charge in [-0.05, 0) is 0 Å². The zero-order chi connectivity index (χ0) is 7.23. The van der Waals surface area contributed by atoms with E-state index in [0.29, 0.717) is 21.2 Å². The van der Waals surface area contributed by atoms with Gasteiger partial charge in [-0.3, -0.25) is 0 Å². The van der Waals surface area contributed by atoms with E-state index in [-0.39, 0.29) is 0 Å². The summed E-state index contributed by atoms with van der Waals surface area (Å²) in [6.45, 7) is 0.915. The van der Waals surface area contributed by atoms with Crippen LogP contribution in [0.15, 0.2) is 0 Å². The summed E-state index contributed by atoms with van der Waals surface area (Å²) >= 11 is 4.59. The molecule has 0 aromatic carbocycles. The summed E-state index contributed by atoms with van der Waals surface area (Å²) in [5.74, 6) is 1.38. The SMILES string of the molecule is NCC1SCSCCC[I-]1. The third-order valence-corrected chi connectivity index (χ3v) is 8.36. The monoisotopic (exact) mass is 290 g/mol. The first-order chi connectivity index (χ1) is 4.93.